The van der Waals surface area contributed by atoms with Crippen LogP contribution in [0.2, 0.25) is 5.02 Å². The first-order chi connectivity index (χ1) is 12.8. The first-order valence-corrected chi connectivity index (χ1v) is 8.95. The third-order valence-electron chi connectivity index (χ3n) is 3.57. The van der Waals surface area contributed by atoms with Gasteiger partial charge in [-0.25, -0.2) is 0 Å². The van der Waals surface area contributed by atoms with Crippen LogP contribution in [0.15, 0.2) is 66.2 Å². The third kappa shape index (κ3) is 5.02. The van der Waals surface area contributed by atoms with Gasteiger partial charge in [0.2, 0.25) is 0 Å². The van der Waals surface area contributed by atoms with E-state index in [4.69, 9.17) is 11.6 Å². The number of aromatic nitrogens is 1. The van der Waals surface area contributed by atoms with Crippen LogP contribution in [0.4, 0.5) is 18.9 Å². The Kier molecular flexibility index (Phi) is 5.72. The molecular weight excluding hydrogens is 397 g/mol. The number of fused-ring (bicyclic) bond motifs is 1. The molecule has 0 unspecified atom stereocenters. The Hall–Kier alpha value is -2.51. The zero-order valence-electron chi connectivity index (χ0n) is 13.6. The first-order valence-electron chi connectivity index (χ1n) is 7.69. The molecule has 1 amide bonds. The van der Waals surface area contributed by atoms with Crippen molar-refractivity contribution in [3.8, 4) is 0 Å². The van der Waals surface area contributed by atoms with E-state index in [9.17, 15) is 18.0 Å². The SMILES string of the molecule is O=C(Nc1cccc2cccnc12)/C(=C\SC(F)(F)F)c1cccc(Cl)c1. The summed E-state index contributed by atoms with van der Waals surface area (Å²) in [6.07, 6.45) is 1.57. The molecule has 3 rings (SSSR count). The number of amides is 1. The number of hydrogen-bond acceptors (Lipinski definition) is 3. The number of anilines is 1. The van der Waals surface area contributed by atoms with Gasteiger partial charge in [-0.2, -0.15) is 13.2 Å². The van der Waals surface area contributed by atoms with E-state index in [1.807, 2.05) is 12.1 Å². The maximum atomic E-state index is 12.8. The number of benzene rings is 2. The minimum Gasteiger partial charge on any atom is -0.320 e. The fourth-order valence-corrected chi connectivity index (χ4v) is 3.11. The summed E-state index contributed by atoms with van der Waals surface area (Å²) >= 11 is 5.53. The van der Waals surface area contributed by atoms with Crippen molar-refractivity contribution in [2.24, 2.45) is 0 Å². The van der Waals surface area contributed by atoms with Gasteiger partial charge in [-0.15, -0.1) is 0 Å². The Morgan fingerprint density at radius 3 is 2.59 bits per heavy atom. The molecule has 0 aliphatic heterocycles. The van der Waals surface area contributed by atoms with E-state index in [1.165, 1.54) is 12.1 Å². The molecule has 8 heteroatoms. The average molecular weight is 409 g/mol. The quantitative estimate of drug-likeness (QED) is 0.529. The van der Waals surface area contributed by atoms with Crippen molar-refractivity contribution >= 4 is 51.4 Å². The molecule has 0 spiro atoms. The van der Waals surface area contributed by atoms with Crippen LogP contribution in [-0.2, 0) is 4.79 Å². The highest BCUT2D eigenvalue weighted by molar-refractivity contribution is 8.03. The molecule has 0 bridgehead atoms. The Balaban J connectivity index is 1.97. The molecule has 0 saturated heterocycles. The molecule has 3 aromatic rings. The number of rotatable bonds is 4. The van der Waals surface area contributed by atoms with E-state index < -0.39 is 23.2 Å². The van der Waals surface area contributed by atoms with Crippen LogP contribution in [0.5, 0.6) is 0 Å². The normalized spacial score (nSPS) is 12.2. The molecule has 1 aromatic heterocycles. The topological polar surface area (TPSA) is 42.0 Å². The van der Waals surface area contributed by atoms with E-state index in [2.05, 4.69) is 10.3 Å². The molecule has 0 atom stereocenters. The van der Waals surface area contributed by atoms with Crippen LogP contribution in [-0.4, -0.2) is 16.4 Å². The molecule has 3 nitrogen and oxygen atoms in total. The van der Waals surface area contributed by atoms with Crippen LogP contribution in [0.3, 0.4) is 0 Å². The van der Waals surface area contributed by atoms with Gasteiger partial charge in [0.15, 0.2) is 0 Å². The molecule has 1 N–H and O–H groups in total. The van der Waals surface area contributed by atoms with E-state index in [0.29, 0.717) is 16.2 Å². The second-order valence-corrected chi connectivity index (χ2v) is 6.81. The van der Waals surface area contributed by atoms with Crippen molar-refractivity contribution < 1.29 is 18.0 Å². The Bertz CT molecular complexity index is 1020. The van der Waals surface area contributed by atoms with Crippen molar-refractivity contribution in [2.45, 2.75) is 5.51 Å². The van der Waals surface area contributed by atoms with Gasteiger partial charge in [0, 0.05) is 16.6 Å². The van der Waals surface area contributed by atoms with Gasteiger partial charge in [0.25, 0.3) is 5.91 Å². The zero-order chi connectivity index (χ0) is 19.4. The molecule has 138 valence electrons. The number of carbonyl (C=O) groups excluding carboxylic acids is 1. The summed E-state index contributed by atoms with van der Waals surface area (Å²) in [5.74, 6) is -0.688. The molecule has 0 aliphatic carbocycles. The maximum absolute atomic E-state index is 12.8. The number of carbonyl (C=O) groups is 1. The summed E-state index contributed by atoms with van der Waals surface area (Å²) in [7, 11) is 0. The van der Waals surface area contributed by atoms with Gasteiger partial charge < -0.3 is 5.32 Å². The van der Waals surface area contributed by atoms with Crippen LogP contribution >= 0.6 is 23.4 Å². The highest BCUT2D eigenvalue weighted by Gasteiger charge is 2.28. The molecule has 0 radical (unpaired) electrons. The van der Waals surface area contributed by atoms with Crippen molar-refractivity contribution in [2.75, 3.05) is 5.32 Å². The molecule has 0 saturated carbocycles. The molecule has 0 fully saturated rings. The van der Waals surface area contributed by atoms with Crippen molar-refractivity contribution in [1.82, 2.24) is 4.98 Å². The molecular formula is C19H12ClF3N2OS. The van der Waals surface area contributed by atoms with E-state index in [-0.39, 0.29) is 11.1 Å². The third-order valence-corrected chi connectivity index (χ3v) is 4.43. The Morgan fingerprint density at radius 2 is 1.85 bits per heavy atom. The molecule has 1 heterocycles. The van der Waals surface area contributed by atoms with Crippen LogP contribution in [0.1, 0.15) is 5.56 Å². The summed E-state index contributed by atoms with van der Waals surface area (Å²) in [5, 5.41) is 4.54. The number of hydrogen-bond donors (Lipinski definition) is 1. The fraction of sp³-hybridized carbons (Fsp3) is 0.0526. The summed E-state index contributed by atoms with van der Waals surface area (Å²) in [5.41, 5.74) is -3.42. The molecule has 27 heavy (non-hydrogen) atoms. The zero-order valence-corrected chi connectivity index (χ0v) is 15.2. The number of pyridine rings is 1. The standard InChI is InChI=1S/C19H12ClF3N2OS/c20-14-7-1-5-13(10-14)15(11-27-19(21,22)23)18(26)25-16-8-2-4-12-6-3-9-24-17(12)16/h1-11H,(H,25,26)/b15-11-. The minimum absolute atomic E-state index is 0.146. The average Bonchev–Trinajstić information content (AvgIpc) is 2.61. The second kappa shape index (κ2) is 8.02. The number of para-hydroxylation sites is 1. The lowest BCUT2D eigenvalue weighted by molar-refractivity contribution is -0.111. The van der Waals surface area contributed by atoms with Crippen LogP contribution in [0, 0.1) is 0 Å². The number of halogens is 4. The Morgan fingerprint density at radius 1 is 1.11 bits per heavy atom. The van der Waals surface area contributed by atoms with Crippen LogP contribution in [0.25, 0.3) is 16.5 Å². The van der Waals surface area contributed by atoms with Crippen molar-refractivity contribution in [3.63, 3.8) is 0 Å². The van der Waals surface area contributed by atoms with E-state index >= 15 is 0 Å². The lowest BCUT2D eigenvalue weighted by Crippen LogP contribution is -2.14. The lowest BCUT2D eigenvalue weighted by Gasteiger charge is -2.12. The second-order valence-electron chi connectivity index (χ2n) is 5.44. The predicted molar refractivity (Wildman–Crippen MR) is 103 cm³/mol. The van der Waals surface area contributed by atoms with Gasteiger partial charge >= 0.3 is 5.51 Å². The smallest absolute Gasteiger partial charge is 0.320 e. The van der Waals surface area contributed by atoms with E-state index in [0.717, 1.165) is 10.8 Å². The fourth-order valence-electron chi connectivity index (χ4n) is 2.43. The van der Waals surface area contributed by atoms with Gasteiger partial charge in [0.05, 0.1) is 16.8 Å². The lowest BCUT2D eigenvalue weighted by atomic mass is 10.1. The van der Waals surface area contributed by atoms with Crippen molar-refractivity contribution in [3.05, 3.63) is 76.8 Å². The minimum atomic E-state index is -4.51. The summed E-state index contributed by atoms with van der Waals surface area (Å²) in [4.78, 5) is 17.0. The maximum Gasteiger partial charge on any atom is 0.445 e. The highest BCUT2D eigenvalue weighted by Crippen LogP contribution is 2.34. The predicted octanol–water partition coefficient (Wildman–Crippen LogP) is 6.12. The van der Waals surface area contributed by atoms with Gasteiger partial charge in [0.1, 0.15) is 0 Å². The van der Waals surface area contributed by atoms with Crippen molar-refractivity contribution in [1.29, 1.82) is 0 Å². The van der Waals surface area contributed by atoms with Gasteiger partial charge in [-0.1, -0.05) is 41.9 Å². The highest BCUT2D eigenvalue weighted by atomic mass is 35.5. The summed E-state index contributed by atoms with van der Waals surface area (Å²) in [6, 6.07) is 14.9. The number of alkyl halides is 3. The number of thioether (sulfide) groups is 1. The summed E-state index contributed by atoms with van der Waals surface area (Å²) in [6.45, 7) is 0. The largest absolute Gasteiger partial charge is 0.445 e. The first kappa shape index (κ1) is 19.3. The number of nitrogens with one attached hydrogen (secondary N) is 1. The monoisotopic (exact) mass is 408 g/mol. The summed E-state index contributed by atoms with van der Waals surface area (Å²) < 4.78 is 38.0. The molecule has 2 aromatic carbocycles. The van der Waals surface area contributed by atoms with Crippen LogP contribution < -0.4 is 5.32 Å². The number of nitrogens with zero attached hydrogens (tertiary/aromatic N) is 1. The van der Waals surface area contributed by atoms with Gasteiger partial charge in [-0.3, -0.25) is 9.78 Å². The molecule has 0 aliphatic rings. The Labute approximate surface area is 162 Å². The van der Waals surface area contributed by atoms with E-state index in [1.54, 1.807) is 36.5 Å². The van der Waals surface area contributed by atoms with Gasteiger partial charge in [-0.05, 0) is 47.0 Å².